The van der Waals surface area contributed by atoms with Crippen molar-refractivity contribution < 1.29 is 13.5 Å². The number of pyridine rings is 1. The molecule has 1 aliphatic heterocycles. The largest absolute Gasteiger partial charge is 0.498 e. The average molecular weight is 302 g/mol. The Morgan fingerprint density at radius 1 is 1.21 bits per heavy atom. The van der Waals surface area contributed by atoms with Gasteiger partial charge in [-0.1, -0.05) is 17.7 Å². The zero-order valence-electron chi connectivity index (χ0n) is 11.7. The zero-order valence-corrected chi connectivity index (χ0v) is 13.3. The average Bonchev–Trinajstić information content (AvgIpc) is 2.47. The lowest BCUT2D eigenvalue weighted by molar-refractivity contribution is 0.00578. The van der Waals surface area contributed by atoms with Gasteiger partial charge in [0.1, 0.15) is 10.2 Å². The monoisotopic (exact) mass is 301 g/mol. The second-order valence-corrected chi connectivity index (χ2v) is 7.26. The summed E-state index contributed by atoms with van der Waals surface area (Å²) in [5.41, 5.74) is -0.185. The first-order valence-electron chi connectivity index (χ1n) is 5.99. The van der Waals surface area contributed by atoms with E-state index >= 15 is 0 Å². The molecule has 0 aliphatic carbocycles. The summed E-state index contributed by atoms with van der Waals surface area (Å²) in [4.78, 5) is 4.12. The summed E-state index contributed by atoms with van der Waals surface area (Å²) >= 11 is 6.13. The second-order valence-electron chi connectivity index (χ2n) is 5.57. The Kier molecular flexibility index (Phi) is 3.82. The van der Waals surface area contributed by atoms with E-state index in [0.717, 1.165) is 0 Å². The summed E-state index contributed by atoms with van der Waals surface area (Å²) in [7, 11) is -1.71. The van der Waals surface area contributed by atoms with Crippen LogP contribution in [0.15, 0.2) is 17.2 Å². The Morgan fingerprint density at radius 3 is 2.16 bits per heavy atom. The SMILES string of the molecule is CS(=O)c1ccc(B2OC(C)(C)C(C)(C)O2)c(Cl)n1. The van der Waals surface area contributed by atoms with Crippen LogP contribution in [-0.4, -0.2) is 33.8 Å². The highest BCUT2D eigenvalue weighted by molar-refractivity contribution is 7.84. The van der Waals surface area contributed by atoms with Gasteiger partial charge in [-0.3, -0.25) is 4.21 Å². The van der Waals surface area contributed by atoms with Gasteiger partial charge >= 0.3 is 7.12 Å². The molecule has 0 aromatic carbocycles. The molecule has 1 fully saturated rings. The normalized spacial score (nSPS) is 22.5. The van der Waals surface area contributed by atoms with E-state index in [1.165, 1.54) is 0 Å². The van der Waals surface area contributed by atoms with Gasteiger partial charge in [-0.2, -0.15) is 0 Å². The molecule has 1 aromatic heterocycles. The van der Waals surface area contributed by atoms with Gasteiger partial charge in [0.15, 0.2) is 0 Å². The van der Waals surface area contributed by atoms with E-state index in [1.807, 2.05) is 27.7 Å². The second kappa shape index (κ2) is 4.84. The van der Waals surface area contributed by atoms with Crippen LogP contribution in [0, 0.1) is 0 Å². The Balaban J connectivity index is 2.33. The first kappa shape index (κ1) is 15.0. The van der Waals surface area contributed by atoms with Gasteiger partial charge in [0.2, 0.25) is 0 Å². The molecule has 0 amide bonds. The molecule has 1 aromatic rings. The van der Waals surface area contributed by atoms with Crippen LogP contribution in [0.1, 0.15) is 27.7 Å². The molecule has 0 bridgehead atoms. The van der Waals surface area contributed by atoms with E-state index in [9.17, 15) is 4.21 Å². The molecule has 0 N–H and O–H groups in total. The van der Waals surface area contributed by atoms with Crippen molar-refractivity contribution in [2.75, 3.05) is 6.26 Å². The van der Waals surface area contributed by atoms with Crippen LogP contribution < -0.4 is 5.46 Å². The molecule has 19 heavy (non-hydrogen) atoms. The van der Waals surface area contributed by atoms with Gasteiger partial charge in [0, 0.05) is 11.7 Å². The van der Waals surface area contributed by atoms with Crippen molar-refractivity contribution in [3.8, 4) is 0 Å². The maximum atomic E-state index is 11.4. The molecule has 1 unspecified atom stereocenters. The highest BCUT2D eigenvalue weighted by Crippen LogP contribution is 2.36. The lowest BCUT2D eigenvalue weighted by Gasteiger charge is -2.32. The molecular formula is C12H17BClNO3S. The van der Waals surface area contributed by atoms with Crippen molar-refractivity contribution in [1.82, 2.24) is 4.98 Å². The molecule has 1 saturated heterocycles. The predicted molar refractivity (Wildman–Crippen MR) is 77.3 cm³/mol. The molecule has 1 aliphatic rings. The quantitative estimate of drug-likeness (QED) is 0.617. The lowest BCUT2D eigenvalue weighted by atomic mass is 9.80. The molecule has 4 nitrogen and oxygen atoms in total. The third-order valence-corrected chi connectivity index (χ3v) is 4.77. The van der Waals surface area contributed by atoms with Crippen LogP contribution in [0.25, 0.3) is 0 Å². The van der Waals surface area contributed by atoms with Crippen LogP contribution >= 0.6 is 11.6 Å². The number of hydrogen-bond acceptors (Lipinski definition) is 4. The van der Waals surface area contributed by atoms with Crippen molar-refractivity contribution in [2.45, 2.75) is 43.9 Å². The zero-order chi connectivity index (χ0) is 14.4. The van der Waals surface area contributed by atoms with E-state index in [2.05, 4.69) is 4.98 Å². The van der Waals surface area contributed by atoms with Gasteiger partial charge in [0.05, 0.1) is 22.0 Å². The summed E-state index contributed by atoms with van der Waals surface area (Å²) in [6.45, 7) is 7.90. The Hall–Kier alpha value is -0.425. The first-order chi connectivity index (χ1) is 8.64. The van der Waals surface area contributed by atoms with E-state index < -0.39 is 29.1 Å². The fourth-order valence-electron chi connectivity index (χ4n) is 1.73. The summed E-state index contributed by atoms with van der Waals surface area (Å²) in [6.07, 6.45) is 1.56. The Bertz CT molecular complexity index is 520. The lowest BCUT2D eigenvalue weighted by Crippen LogP contribution is -2.41. The molecule has 7 heteroatoms. The molecule has 2 heterocycles. The highest BCUT2D eigenvalue weighted by atomic mass is 35.5. The smallest absolute Gasteiger partial charge is 0.399 e. The van der Waals surface area contributed by atoms with Gasteiger partial charge in [-0.15, -0.1) is 0 Å². The fraction of sp³-hybridized carbons (Fsp3) is 0.583. The Labute approximate surface area is 121 Å². The molecule has 0 radical (unpaired) electrons. The van der Waals surface area contributed by atoms with Crippen molar-refractivity contribution in [3.63, 3.8) is 0 Å². The number of nitrogens with zero attached hydrogens (tertiary/aromatic N) is 1. The van der Waals surface area contributed by atoms with Crippen molar-refractivity contribution >= 4 is 35.0 Å². The van der Waals surface area contributed by atoms with E-state index in [0.29, 0.717) is 10.5 Å². The minimum Gasteiger partial charge on any atom is -0.399 e. The molecule has 0 spiro atoms. The maximum absolute atomic E-state index is 11.4. The minimum absolute atomic E-state index is 0.270. The van der Waals surface area contributed by atoms with Gasteiger partial charge in [-0.25, -0.2) is 4.98 Å². The highest BCUT2D eigenvalue weighted by Gasteiger charge is 2.52. The first-order valence-corrected chi connectivity index (χ1v) is 7.93. The van der Waals surface area contributed by atoms with Crippen LogP contribution in [-0.2, 0) is 20.1 Å². The minimum atomic E-state index is -1.16. The van der Waals surface area contributed by atoms with E-state index in [-0.39, 0.29) is 5.15 Å². The molecule has 104 valence electrons. The van der Waals surface area contributed by atoms with Crippen molar-refractivity contribution in [1.29, 1.82) is 0 Å². The topological polar surface area (TPSA) is 48.4 Å². The third kappa shape index (κ3) is 2.72. The van der Waals surface area contributed by atoms with Crippen LogP contribution in [0.5, 0.6) is 0 Å². The number of halogens is 1. The molecule has 2 rings (SSSR count). The van der Waals surface area contributed by atoms with E-state index in [4.69, 9.17) is 20.9 Å². The summed E-state index contributed by atoms with van der Waals surface area (Å²) in [5.74, 6) is 0. The molecule has 0 saturated carbocycles. The Morgan fingerprint density at radius 2 is 1.74 bits per heavy atom. The van der Waals surface area contributed by atoms with Crippen molar-refractivity contribution in [3.05, 3.63) is 17.3 Å². The summed E-state index contributed by atoms with van der Waals surface area (Å²) in [6, 6.07) is 3.44. The van der Waals surface area contributed by atoms with Crippen LogP contribution in [0.3, 0.4) is 0 Å². The van der Waals surface area contributed by atoms with Gasteiger partial charge in [-0.05, 0) is 33.8 Å². The van der Waals surface area contributed by atoms with Crippen LogP contribution in [0.2, 0.25) is 5.15 Å². The number of aromatic nitrogens is 1. The fourth-order valence-corrected chi connectivity index (χ4v) is 2.51. The van der Waals surface area contributed by atoms with Gasteiger partial charge in [0.25, 0.3) is 0 Å². The number of rotatable bonds is 2. The molecular weight excluding hydrogens is 284 g/mol. The van der Waals surface area contributed by atoms with Crippen LogP contribution in [0.4, 0.5) is 0 Å². The maximum Gasteiger partial charge on any atom is 0.498 e. The summed E-state index contributed by atoms with van der Waals surface area (Å²) in [5, 5.41) is 0.719. The van der Waals surface area contributed by atoms with Gasteiger partial charge < -0.3 is 9.31 Å². The number of hydrogen-bond donors (Lipinski definition) is 0. The molecule has 1 atom stereocenters. The summed E-state index contributed by atoms with van der Waals surface area (Å²) < 4.78 is 23.2. The predicted octanol–water partition coefficient (Wildman–Crippen LogP) is 1.77. The third-order valence-electron chi connectivity index (χ3n) is 3.65. The van der Waals surface area contributed by atoms with Crippen molar-refractivity contribution in [2.24, 2.45) is 0 Å². The standard InChI is InChI=1S/C12H17BClNO3S/c1-11(2)12(3,4)18-13(17-11)8-6-7-9(19(5)16)15-10(8)14/h6-7H,1-5H3. The van der Waals surface area contributed by atoms with E-state index in [1.54, 1.807) is 18.4 Å².